The lowest BCUT2D eigenvalue weighted by molar-refractivity contribution is -0.136. The van der Waals surface area contributed by atoms with Gasteiger partial charge in [-0.25, -0.2) is 13.8 Å². The molecule has 1 aromatic heterocycles. The van der Waals surface area contributed by atoms with Crippen molar-refractivity contribution in [2.45, 2.75) is 13.0 Å². The molecule has 0 aliphatic carbocycles. The molecular formula is C14H12F4N4O2. The summed E-state index contributed by atoms with van der Waals surface area (Å²) >= 11 is 0. The number of carbonyl (C=O) groups excluding carboxylic acids is 2. The molecule has 0 aliphatic heterocycles. The molecule has 0 unspecified atom stereocenters. The summed E-state index contributed by atoms with van der Waals surface area (Å²) in [7, 11) is 0. The van der Waals surface area contributed by atoms with E-state index in [-0.39, 0.29) is 18.8 Å². The number of benzene rings is 1. The van der Waals surface area contributed by atoms with Gasteiger partial charge < -0.3 is 10.6 Å². The number of halogens is 4. The van der Waals surface area contributed by atoms with Crippen LogP contribution in [-0.4, -0.2) is 27.9 Å². The first-order chi connectivity index (χ1) is 11.4. The smallest absolute Gasteiger partial charge is 0.319 e. The minimum absolute atomic E-state index is 0.0193. The first-order valence-electron chi connectivity index (χ1n) is 6.73. The van der Waals surface area contributed by atoms with Gasteiger partial charge in [-0.1, -0.05) is 6.07 Å². The second-order valence-corrected chi connectivity index (χ2v) is 4.59. The summed E-state index contributed by atoms with van der Waals surface area (Å²) in [5, 5.41) is 3.96. The fraction of sp³-hybridized carbons (Fsp3) is 0.214. The molecule has 1 heterocycles. The van der Waals surface area contributed by atoms with E-state index < -0.39 is 35.7 Å². The average Bonchev–Trinajstić information content (AvgIpc) is 2.99. The van der Waals surface area contributed by atoms with Crippen LogP contribution >= 0.6 is 0 Å². The number of aromatic nitrogens is 2. The molecule has 24 heavy (non-hydrogen) atoms. The summed E-state index contributed by atoms with van der Waals surface area (Å²) in [5.41, 5.74) is -0.745. The maximum Gasteiger partial charge on any atom is 0.319 e. The first kappa shape index (κ1) is 17.4. The number of hydrogen-bond donors (Lipinski definition) is 2. The molecule has 1 aromatic carbocycles. The lowest BCUT2D eigenvalue weighted by Crippen LogP contribution is -2.37. The van der Waals surface area contributed by atoms with Crippen LogP contribution in [0.15, 0.2) is 30.6 Å². The van der Waals surface area contributed by atoms with Gasteiger partial charge in [0, 0.05) is 25.4 Å². The van der Waals surface area contributed by atoms with Crippen molar-refractivity contribution in [2.24, 2.45) is 0 Å². The number of nitrogens with zero attached hydrogens (tertiary/aromatic N) is 2. The van der Waals surface area contributed by atoms with Crippen LogP contribution in [0, 0.1) is 11.6 Å². The monoisotopic (exact) mass is 344 g/mol. The Kier molecular flexibility index (Phi) is 5.51. The van der Waals surface area contributed by atoms with Crippen LogP contribution in [0.2, 0.25) is 0 Å². The lowest BCUT2D eigenvalue weighted by atomic mass is 10.3. The maximum absolute atomic E-state index is 13.4. The van der Waals surface area contributed by atoms with Gasteiger partial charge in [-0.05, 0) is 12.1 Å². The summed E-state index contributed by atoms with van der Waals surface area (Å²) in [6.07, 6.45) is 2.21. The number of nitrogens with one attached hydrogen (secondary N) is 2. The van der Waals surface area contributed by atoms with Gasteiger partial charge >= 0.3 is 18.4 Å². The molecule has 0 saturated carbocycles. The van der Waals surface area contributed by atoms with E-state index in [1.165, 1.54) is 6.20 Å². The molecule has 0 aliphatic rings. The van der Waals surface area contributed by atoms with Crippen molar-refractivity contribution < 1.29 is 27.2 Å². The Bertz CT molecular complexity index is 728. The highest BCUT2D eigenvalue weighted by Crippen LogP contribution is 2.17. The Labute approximate surface area is 133 Å². The zero-order valence-corrected chi connectivity index (χ0v) is 12.1. The fourth-order valence-electron chi connectivity index (χ4n) is 1.87. The highest BCUT2D eigenvalue weighted by Gasteiger charge is 2.18. The number of imidazole rings is 1. The molecule has 0 fully saturated rings. The Morgan fingerprint density at radius 2 is 1.83 bits per heavy atom. The third-order valence-electron chi connectivity index (χ3n) is 3.00. The van der Waals surface area contributed by atoms with Crippen LogP contribution < -0.4 is 10.6 Å². The van der Waals surface area contributed by atoms with Gasteiger partial charge in [-0.15, -0.1) is 0 Å². The van der Waals surface area contributed by atoms with Gasteiger partial charge in [0.15, 0.2) is 0 Å². The van der Waals surface area contributed by atoms with Crippen molar-refractivity contribution in [1.29, 1.82) is 0 Å². The molecule has 2 amide bonds. The van der Waals surface area contributed by atoms with Crippen LogP contribution in [0.5, 0.6) is 0 Å². The Balaban J connectivity index is 1.88. The van der Waals surface area contributed by atoms with Gasteiger partial charge in [0.25, 0.3) is 0 Å². The maximum atomic E-state index is 13.4. The summed E-state index contributed by atoms with van der Waals surface area (Å²) in [4.78, 5) is 26.9. The molecule has 0 saturated heterocycles. The van der Waals surface area contributed by atoms with Crippen LogP contribution in [0.3, 0.4) is 0 Å². The molecule has 0 radical (unpaired) electrons. The molecule has 2 rings (SSSR count). The van der Waals surface area contributed by atoms with Crippen molar-refractivity contribution >= 4 is 17.5 Å². The number of para-hydroxylation sites is 1. The second-order valence-electron chi connectivity index (χ2n) is 4.59. The van der Waals surface area contributed by atoms with Crippen LogP contribution in [-0.2, 0) is 16.0 Å². The molecular weight excluding hydrogens is 332 g/mol. The quantitative estimate of drug-likeness (QED) is 0.642. The Hall–Kier alpha value is -2.91. The third-order valence-corrected chi connectivity index (χ3v) is 3.00. The number of alkyl halides is 2. The highest BCUT2D eigenvalue weighted by atomic mass is 19.3. The molecule has 2 aromatic rings. The lowest BCUT2D eigenvalue weighted by Gasteiger charge is -2.09. The predicted molar refractivity (Wildman–Crippen MR) is 75.2 cm³/mol. The Morgan fingerprint density at radius 1 is 1.17 bits per heavy atom. The number of amides is 2. The van der Waals surface area contributed by atoms with E-state index in [4.69, 9.17) is 0 Å². The van der Waals surface area contributed by atoms with Gasteiger partial charge in [0.2, 0.25) is 0 Å². The predicted octanol–water partition coefficient (Wildman–Crippen LogP) is 1.85. The van der Waals surface area contributed by atoms with E-state index in [0.717, 1.165) is 24.4 Å². The molecule has 2 N–H and O–H groups in total. The zero-order valence-electron chi connectivity index (χ0n) is 12.1. The molecule has 6 nitrogen and oxygen atoms in total. The largest absolute Gasteiger partial charge is 0.347 e. The summed E-state index contributed by atoms with van der Waals surface area (Å²) < 4.78 is 52.5. The molecule has 0 bridgehead atoms. The standard InChI is InChI=1S/C14H12F4N4O2/c15-8-2-1-3-9(16)11(8)21-13(24)12(23)20-5-4-10-19-6-7-22(10)14(17)18/h1-3,6-7,14H,4-5H2,(H,20,23)(H,21,24). The molecule has 0 atom stereocenters. The highest BCUT2D eigenvalue weighted by molar-refractivity contribution is 6.39. The average molecular weight is 344 g/mol. The van der Waals surface area contributed by atoms with Crippen molar-refractivity contribution in [3.8, 4) is 0 Å². The van der Waals surface area contributed by atoms with Gasteiger partial charge in [-0.3, -0.25) is 14.2 Å². The summed E-state index contributed by atoms with van der Waals surface area (Å²) in [6.45, 7) is -2.93. The van der Waals surface area contributed by atoms with Crippen molar-refractivity contribution in [3.63, 3.8) is 0 Å². The van der Waals surface area contributed by atoms with E-state index in [0.29, 0.717) is 4.57 Å². The number of anilines is 1. The van der Waals surface area contributed by atoms with Crippen LogP contribution in [0.1, 0.15) is 12.4 Å². The number of rotatable bonds is 5. The topological polar surface area (TPSA) is 76.0 Å². The number of hydrogen-bond acceptors (Lipinski definition) is 3. The van der Waals surface area contributed by atoms with E-state index in [1.807, 2.05) is 5.32 Å². The van der Waals surface area contributed by atoms with Crippen molar-refractivity contribution in [3.05, 3.63) is 48.1 Å². The van der Waals surface area contributed by atoms with E-state index in [9.17, 15) is 27.2 Å². The first-order valence-corrected chi connectivity index (χ1v) is 6.73. The zero-order chi connectivity index (χ0) is 17.7. The number of carbonyl (C=O) groups is 2. The second kappa shape index (κ2) is 7.57. The van der Waals surface area contributed by atoms with Gasteiger partial charge in [-0.2, -0.15) is 8.78 Å². The Morgan fingerprint density at radius 3 is 2.46 bits per heavy atom. The normalized spacial score (nSPS) is 10.7. The van der Waals surface area contributed by atoms with E-state index in [1.54, 1.807) is 0 Å². The van der Waals surface area contributed by atoms with E-state index >= 15 is 0 Å². The third kappa shape index (κ3) is 4.09. The molecule has 0 spiro atoms. The van der Waals surface area contributed by atoms with Crippen molar-refractivity contribution in [2.75, 3.05) is 11.9 Å². The van der Waals surface area contributed by atoms with Crippen LogP contribution in [0.4, 0.5) is 23.2 Å². The molecule has 128 valence electrons. The van der Waals surface area contributed by atoms with Gasteiger partial charge in [0.05, 0.1) is 0 Å². The fourth-order valence-corrected chi connectivity index (χ4v) is 1.87. The van der Waals surface area contributed by atoms with Crippen molar-refractivity contribution in [1.82, 2.24) is 14.9 Å². The van der Waals surface area contributed by atoms with Crippen LogP contribution in [0.25, 0.3) is 0 Å². The SMILES string of the molecule is O=C(NCCc1nccn1C(F)F)C(=O)Nc1c(F)cccc1F. The summed E-state index contributed by atoms with van der Waals surface area (Å²) in [5.74, 6) is -4.49. The minimum atomic E-state index is -2.77. The van der Waals surface area contributed by atoms with E-state index in [2.05, 4.69) is 10.3 Å². The molecule has 10 heteroatoms. The van der Waals surface area contributed by atoms with Gasteiger partial charge in [0.1, 0.15) is 23.1 Å². The summed E-state index contributed by atoms with van der Waals surface area (Å²) in [6, 6.07) is 2.94. The minimum Gasteiger partial charge on any atom is -0.347 e.